The van der Waals surface area contributed by atoms with E-state index in [-0.39, 0.29) is 19.6 Å². The van der Waals surface area contributed by atoms with E-state index in [0.717, 1.165) is 0 Å². The number of hydrogen-bond donors (Lipinski definition) is 4. The maximum atomic E-state index is 10.4. The summed E-state index contributed by atoms with van der Waals surface area (Å²) in [6, 6.07) is -0.868. The van der Waals surface area contributed by atoms with Gasteiger partial charge in [0.05, 0.1) is 31.5 Å². The van der Waals surface area contributed by atoms with Gasteiger partial charge >= 0.3 is 10.3 Å². The van der Waals surface area contributed by atoms with E-state index in [2.05, 4.69) is 0 Å². The summed E-state index contributed by atoms with van der Waals surface area (Å²) in [7, 11) is -4.33. The highest BCUT2D eigenvalue weighted by Crippen LogP contribution is 2.14. The molecule has 1 rings (SSSR count). The van der Waals surface area contributed by atoms with Gasteiger partial charge < -0.3 is 14.9 Å². The Balaban J connectivity index is 2.50. The van der Waals surface area contributed by atoms with Crippen molar-refractivity contribution in [2.45, 2.75) is 24.7 Å². The van der Waals surface area contributed by atoms with Crippen molar-refractivity contribution >= 4 is 10.3 Å². The standard InChI is InChI=1S/C6H13NO6S/c8-2-4-1-6(9)5(3-13-4)7-14(10,11)12/h4-9H,1-3H2,(H,10,11,12)/t4?,5?,6-/m1/s1. The lowest BCUT2D eigenvalue weighted by Crippen LogP contribution is -2.52. The third-order valence-electron chi connectivity index (χ3n) is 1.98. The van der Waals surface area contributed by atoms with Crippen LogP contribution in [0.3, 0.4) is 0 Å². The van der Waals surface area contributed by atoms with Crippen LogP contribution in [0.2, 0.25) is 0 Å². The molecule has 14 heavy (non-hydrogen) atoms. The molecule has 1 saturated heterocycles. The number of hydrogen-bond acceptors (Lipinski definition) is 5. The van der Waals surface area contributed by atoms with Crippen LogP contribution in [0.25, 0.3) is 0 Å². The van der Waals surface area contributed by atoms with Gasteiger partial charge in [0, 0.05) is 6.42 Å². The van der Waals surface area contributed by atoms with Crippen LogP contribution in [0.4, 0.5) is 0 Å². The van der Waals surface area contributed by atoms with Gasteiger partial charge in [-0.2, -0.15) is 13.1 Å². The Morgan fingerprint density at radius 1 is 1.50 bits per heavy atom. The van der Waals surface area contributed by atoms with Gasteiger partial charge in [0.2, 0.25) is 0 Å². The van der Waals surface area contributed by atoms with Crippen LogP contribution in [0.1, 0.15) is 6.42 Å². The third-order valence-corrected chi connectivity index (χ3v) is 2.58. The summed E-state index contributed by atoms with van der Waals surface area (Å²) in [5.74, 6) is 0. The van der Waals surface area contributed by atoms with E-state index in [1.54, 1.807) is 0 Å². The molecule has 0 spiro atoms. The van der Waals surface area contributed by atoms with Crippen molar-refractivity contribution in [3.05, 3.63) is 0 Å². The van der Waals surface area contributed by atoms with Crippen LogP contribution in [-0.2, 0) is 15.0 Å². The maximum absolute atomic E-state index is 10.4. The van der Waals surface area contributed by atoms with Crippen molar-refractivity contribution in [2.75, 3.05) is 13.2 Å². The van der Waals surface area contributed by atoms with Crippen molar-refractivity contribution in [2.24, 2.45) is 0 Å². The second kappa shape index (κ2) is 4.51. The van der Waals surface area contributed by atoms with Crippen molar-refractivity contribution in [1.82, 2.24) is 4.72 Å². The lowest BCUT2D eigenvalue weighted by Gasteiger charge is -2.31. The second-order valence-electron chi connectivity index (χ2n) is 3.14. The quantitative estimate of drug-likeness (QED) is 0.410. The molecule has 1 aliphatic rings. The molecule has 0 radical (unpaired) electrons. The molecule has 1 aliphatic heterocycles. The topological polar surface area (TPSA) is 116 Å². The molecule has 0 aromatic rings. The van der Waals surface area contributed by atoms with E-state index in [1.807, 2.05) is 4.72 Å². The molecule has 0 aromatic carbocycles. The van der Waals surface area contributed by atoms with E-state index < -0.39 is 28.6 Å². The average Bonchev–Trinajstić information content (AvgIpc) is 2.06. The maximum Gasteiger partial charge on any atom is 0.333 e. The van der Waals surface area contributed by atoms with Gasteiger partial charge in [-0.15, -0.1) is 0 Å². The van der Waals surface area contributed by atoms with Crippen LogP contribution in [0, 0.1) is 0 Å². The summed E-state index contributed by atoms with van der Waals surface area (Å²) in [4.78, 5) is 0. The SMILES string of the molecule is O=S(=O)(O)NC1COC(CO)C[C@H]1O. The van der Waals surface area contributed by atoms with Crippen molar-refractivity contribution in [3.63, 3.8) is 0 Å². The molecule has 84 valence electrons. The van der Waals surface area contributed by atoms with Crippen molar-refractivity contribution in [1.29, 1.82) is 0 Å². The number of aliphatic hydroxyl groups is 2. The van der Waals surface area contributed by atoms with Crippen LogP contribution in [0.15, 0.2) is 0 Å². The summed E-state index contributed by atoms with van der Waals surface area (Å²) in [5.41, 5.74) is 0. The Labute approximate surface area is 81.6 Å². The minimum Gasteiger partial charge on any atom is -0.394 e. The van der Waals surface area contributed by atoms with Gasteiger partial charge in [0.1, 0.15) is 0 Å². The molecule has 3 atom stereocenters. The van der Waals surface area contributed by atoms with Crippen LogP contribution in [-0.4, -0.2) is 54.6 Å². The first kappa shape index (κ1) is 11.8. The van der Waals surface area contributed by atoms with Crippen LogP contribution in [0.5, 0.6) is 0 Å². The number of nitrogens with one attached hydrogen (secondary N) is 1. The van der Waals surface area contributed by atoms with E-state index in [4.69, 9.17) is 14.4 Å². The molecular formula is C6H13NO6S. The Bertz CT molecular complexity index is 278. The zero-order chi connectivity index (χ0) is 10.8. The largest absolute Gasteiger partial charge is 0.394 e. The molecule has 0 saturated carbocycles. The normalized spacial score (nSPS) is 34.4. The lowest BCUT2D eigenvalue weighted by molar-refractivity contribution is -0.0792. The van der Waals surface area contributed by atoms with E-state index in [0.29, 0.717) is 0 Å². The molecule has 7 nitrogen and oxygen atoms in total. The lowest BCUT2D eigenvalue weighted by atomic mass is 10.0. The second-order valence-corrected chi connectivity index (χ2v) is 4.33. The fourth-order valence-corrected chi connectivity index (χ4v) is 1.89. The fourth-order valence-electron chi connectivity index (χ4n) is 1.28. The summed E-state index contributed by atoms with van der Waals surface area (Å²) in [6.07, 6.45) is -1.32. The Hall–Kier alpha value is -0.250. The summed E-state index contributed by atoms with van der Waals surface area (Å²) < 4.78 is 36.1. The highest BCUT2D eigenvalue weighted by Gasteiger charge is 2.31. The summed E-state index contributed by atoms with van der Waals surface area (Å²) in [5, 5.41) is 18.1. The highest BCUT2D eigenvalue weighted by atomic mass is 32.2. The molecule has 1 fully saturated rings. The van der Waals surface area contributed by atoms with E-state index in [9.17, 15) is 13.5 Å². The van der Waals surface area contributed by atoms with Gasteiger partial charge in [0.25, 0.3) is 0 Å². The molecule has 2 unspecified atom stereocenters. The first-order valence-electron chi connectivity index (χ1n) is 4.07. The molecule has 0 aliphatic carbocycles. The van der Waals surface area contributed by atoms with Crippen molar-refractivity contribution < 1.29 is 27.9 Å². The Kier molecular flexibility index (Phi) is 3.81. The first-order valence-corrected chi connectivity index (χ1v) is 5.51. The monoisotopic (exact) mass is 227 g/mol. The summed E-state index contributed by atoms with van der Waals surface area (Å²) >= 11 is 0. The first-order chi connectivity index (χ1) is 6.42. The predicted octanol–water partition coefficient (Wildman–Crippen LogP) is -2.11. The molecule has 8 heteroatoms. The van der Waals surface area contributed by atoms with Gasteiger partial charge in [-0.25, -0.2) is 0 Å². The third kappa shape index (κ3) is 3.48. The van der Waals surface area contributed by atoms with Crippen LogP contribution >= 0.6 is 0 Å². The number of ether oxygens (including phenoxy) is 1. The van der Waals surface area contributed by atoms with Crippen molar-refractivity contribution in [3.8, 4) is 0 Å². The molecule has 0 amide bonds. The fraction of sp³-hybridized carbons (Fsp3) is 1.00. The average molecular weight is 227 g/mol. The zero-order valence-electron chi connectivity index (χ0n) is 7.33. The molecule has 0 aromatic heterocycles. The highest BCUT2D eigenvalue weighted by molar-refractivity contribution is 7.83. The molecular weight excluding hydrogens is 214 g/mol. The number of aliphatic hydroxyl groups excluding tert-OH is 2. The van der Waals surface area contributed by atoms with E-state index >= 15 is 0 Å². The minimum absolute atomic E-state index is 0.0772. The zero-order valence-corrected chi connectivity index (χ0v) is 8.14. The smallest absolute Gasteiger partial charge is 0.333 e. The minimum atomic E-state index is -4.33. The van der Waals surface area contributed by atoms with Gasteiger partial charge in [-0.1, -0.05) is 0 Å². The van der Waals surface area contributed by atoms with E-state index in [1.165, 1.54) is 0 Å². The molecule has 4 N–H and O–H groups in total. The summed E-state index contributed by atoms with van der Waals surface area (Å²) in [6.45, 7) is -0.304. The Morgan fingerprint density at radius 2 is 2.14 bits per heavy atom. The Morgan fingerprint density at radius 3 is 2.57 bits per heavy atom. The van der Waals surface area contributed by atoms with Gasteiger partial charge in [0.15, 0.2) is 0 Å². The molecule has 1 heterocycles. The number of rotatable bonds is 3. The van der Waals surface area contributed by atoms with Gasteiger partial charge in [-0.3, -0.25) is 4.55 Å². The molecule has 0 bridgehead atoms. The van der Waals surface area contributed by atoms with Gasteiger partial charge in [-0.05, 0) is 0 Å². The predicted molar refractivity (Wildman–Crippen MR) is 45.9 cm³/mol. The van der Waals surface area contributed by atoms with Crippen LogP contribution < -0.4 is 4.72 Å².